The van der Waals surface area contributed by atoms with Crippen molar-refractivity contribution < 1.29 is 9.32 Å². The van der Waals surface area contributed by atoms with Crippen LogP contribution in [0.25, 0.3) is 11.5 Å². The first kappa shape index (κ1) is 18.1. The zero-order valence-corrected chi connectivity index (χ0v) is 15.7. The molecule has 4 rings (SSSR count). The van der Waals surface area contributed by atoms with Gasteiger partial charge in [0, 0.05) is 44.1 Å². The van der Waals surface area contributed by atoms with Gasteiger partial charge in [0.05, 0.1) is 5.56 Å². The highest BCUT2D eigenvalue weighted by Crippen LogP contribution is 2.30. The topological polar surface area (TPSA) is 97.0 Å². The number of piperidine rings is 1. The number of rotatable bonds is 5. The third kappa shape index (κ3) is 4.00. The van der Waals surface area contributed by atoms with Crippen molar-refractivity contribution in [2.24, 2.45) is 5.92 Å². The second kappa shape index (κ2) is 8.16. The maximum atomic E-state index is 12.5. The summed E-state index contributed by atoms with van der Waals surface area (Å²) in [6, 6.07) is 7.62. The molecular weight excluding hydrogens is 356 g/mol. The Morgan fingerprint density at radius 3 is 2.79 bits per heavy atom. The van der Waals surface area contributed by atoms with E-state index in [1.165, 1.54) is 0 Å². The molecule has 144 valence electrons. The van der Waals surface area contributed by atoms with Gasteiger partial charge in [-0.1, -0.05) is 11.2 Å². The maximum Gasteiger partial charge on any atom is 0.261 e. The molecule has 0 radical (unpaired) electrons. The van der Waals surface area contributed by atoms with Gasteiger partial charge in [0.25, 0.3) is 5.89 Å². The molecule has 1 fully saturated rings. The lowest BCUT2D eigenvalue weighted by Gasteiger charge is -2.32. The molecule has 1 saturated heterocycles. The second-order valence-electron chi connectivity index (χ2n) is 6.86. The number of aromatic nitrogens is 4. The van der Waals surface area contributed by atoms with Gasteiger partial charge in [0.1, 0.15) is 5.82 Å². The standard InChI is InChI=1S/C20H22N6O2/c1-14-24-20(28-25-14)17-5-3-9-22-18(17)26-10-6-16(7-11-26)19(27)23-13-15-4-2-8-21-12-15/h2-5,8-9,12,16H,6-7,10-11,13H2,1H3,(H,23,27). The van der Waals surface area contributed by atoms with Crippen molar-refractivity contribution in [2.45, 2.75) is 26.3 Å². The predicted molar refractivity (Wildman–Crippen MR) is 103 cm³/mol. The highest BCUT2D eigenvalue weighted by molar-refractivity contribution is 5.79. The number of carbonyl (C=O) groups is 1. The van der Waals surface area contributed by atoms with Crippen molar-refractivity contribution in [3.05, 3.63) is 54.2 Å². The summed E-state index contributed by atoms with van der Waals surface area (Å²) >= 11 is 0. The van der Waals surface area contributed by atoms with Gasteiger partial charge in [-0.15, -0.1) is 0 Å². The van der Waals surface area contributed by atoms with E-state index in [2.05, 4.69) is 30.3 Å². The van der Waals surface area contributed by atoms with Crippen LogP contribution in [0.4, 0.5) is 5.82 Å². The van der Waals surface area contributed by atoms with Crippen molar-refractivity contribution in [3.8, 4) is 11.5 Å². The average molecular weight is 378 g/mol. The normalized spacial score (nSPS) is 14.8. The number of hydrogen-bond acceptors (Lipinski definition) is 7. The molecule has 3 aromatic rings. The van der Waals surface area contributed by atoms with E-state index < -0.39 is 0 Å². The molecule has 8 heteroatoms. The van der Waals surface area contributed by atoms with E-state index in [0.29, 0.717) is 18.3 Å². The van der Waals surface area contributed by atoms with Crippen LogP contribution in [0.3, 0.4) is 0 Å². The fourth-order valence-electron chi connectivity index (χ4n) is 3.41. The molecule has 28 heavy (non-hydrogen) atoms. The minimum absolute atomic E-state index is 0.00531. The first-order valence-electron chi connectivity index (χ1n) is 9.38. The van der Waals surface area contributed by atoms with E-state index in [1.807, 2.05) is 24.3 Å². The Hall–Kier alpha value is -3.29. The summed E-state index contributed by atoms with van der Waals surface area (Å²) in [5.74, 6) is 1.98. The molecule has 0 saturated carbocycles. The van der Waals surface area contributed by atoms with E-state index >= 15 is 0 Å². The van der Waals surface area contributed by atoms with E-state index in [1.54, 1.807) is 25.5 Å². The van der Waals surface area contributed by atoms with Crippen molar-refractivity contribution >= 4 is 11.7 Å². The molecule has 8 nitrogen and oxygen atoms in total. The molecule has 3 aromatic heterocycles. The molecule has 1 aliphatic rings. The highest BCUT2D eigenvalue weighted by Gasteiger charge is 2.27. The van der Waals surface area contributed by atoms with E-state index in [0.717, 1.165) is 42.9 Å². The Bertz CT molecular complexity index is 935. The van der Waals surface area contributed by atoms with Gasteiger partial charge in [-0.2, -0.15) is 4.98 Å². The molecule has 0 atom stereocenters. The largest absolute Gasteiger partial charge is 0.356 e. The summed E-state index contributed by atoms with van der Waals surface area (Å²) in [5, 5.41) is 6.89. The fraction of sp³-hybridized carbons (Fsp3) is 0.350. The molecule has 0 aliphatic carbocycles. The van der Waals surface area contributed by atoms with E-state index in [-0.39, 0.29) is 11.8 Å². The Morgan fingerprint density at radius 2 is 2.07 bits per heavy atom. The predicted octanol–water partition coefficient (Wildman–Crippen LogP) is 2.37. The quantitative estimate of drug-likeness (QED) is 0.728. The molecule has 0 aromatic carbocycles. The van der Waals surface area contributed by atoms with Crippen LogP contribution in [-0.4, -0.2) is 39.1 Å². The monoisotopic (exact) mass is 378 g/mol. The van der Waals surface area contributed by atoms with Gasteiger partial charge in [-0.3, -0.25) is 9.78 Å². The van der Waals surface area contributed by atoms with Crippen molar-refractivity contribution in [3.63, 3.8) is 0 Å². The van der Waals surface area contributed by atoms with Crippen LogP contribution in [0, 0.1) is 12.8 Å². The molecule has 0 bridgehead atoms. The van der Waals surface area contributed by atoms with Crippen LogP contribution in [0.5, 0.6) is 0 Å². The van der Waals surface area contributed by atoms with Crippen LogP contribution in [0.1, 0.15) is 24.2 Å². The maximum absolute atomic E-state index is 12.5. The number of anilines is 1. The molecule has 4 heterocycles. The lowest BCUT2D eigenvalue weighted by atomic mass is 9.95. The highest BCUT2D eigenvalue weighted by atomic mass is 16.5. The summed E-state index contributed by atoms with van der Waals surface area (Å²) < 4.78 is 5.32. The van der Waals surface area contributed by atoms with Gasteiger partial charge in [-0.25, -0.2) is 4.98 Å². The average Bonchev–Trinajstić information content (AvgIpc) is 3.19. The number of nitrogens with zero attached hydrogens (tertiary/aromatic N) is 5. The Balaban J connectivity index is 1.37. The van der Waals surface area contributed by atoms with Gasteiger partial charge in [0.2, 0.25) is 5.91 Å². The first-order chi connectivity index (χ1) is 13.7. The lowest BCUT2D eigenvalue weighted by Crippen LogP contribution is -2.40. The molecule has 0 spiro atoms. The Kier molecular flexibility index (Phi) is 5.27. The fourth-order valence-corrected chi connectivity index (χ4v) is 3.41. The molecule has 1 aliphatic heterocycles. The molecule has 1 amide bonds. The zero-order chi connectivity index (χ0) is 19.3. The Labute approximate surface area is 163 Å². The SMILES string of the molecule is Cc1noc(-c2cccnc2N2CCC(C(=O)NCc3cccnc3)CC2)n1. The van der Waals surface area contributed by atoms with Crippen LogP contribution < -0.4 is 10.2 Å². The lowest BCUT2D eigenvalue weighted by molar-refractivity contribution is -0.125. The van der Waals surface area contributed by atoms with Crippen LogP contribution in [-0.2, 0) is 11.3 Å². The van der Waals surface area contributed by atoms with Crippen LogP contribution in [0.15, 0.2) is 47.4 Å². The van der Waals surface area contributed by atoms with E-state index in [4.69, 9.17) is 4.52 Å². The minimum atomic E-state index is 0.00531. The molecular formula is C20H22N6O2. The van der Waals surface area contributed by atoms with Gasteiger partial charge >= 0.3 is 0 Å². The molecule has 1 N–H and O–H groups in total. The number of carbonyl (C=O) groups excluding carboxylic acids is 1. The summed E-state index contributed by atoms with van der Waals surface area (Å²) in [5.41, 5.74) is 1.82. The second-order valence-corrected chi connectivity index (χ2v) is 6.86. The summed E-state index contributed by atoms with van der Waals surface area (Å²) in [6.07, 6.45) is 6.80. The van der Waals surface area contributed by atoms with Gasteiger partial charge in [-0.05, 0) is 43.5 Å². The third-order valence-corrected chi connectivity index (χ3v) is 4.90. The summed E-state index contributed by atoms with van der Waals surface area (Å²) in [4.78, 5) is 27.6. The summed E-state index contributed by atoms with van der Waals surface area (Å²) in [7, 11) is 0. The van der Waals surface area contributed by atoms with Crippen molar-refractivity contribution in [1.29, 1.82) is 0 Å². The number of aryl methyl sites for hydroxylation is 1. The van der Waals surface area contributed by atoms with E-state index in [9.17, 15) is 4.79 Å². The number of amides is 1. The zero-order valence-electron chi connectivity index (χ0n) is 15.7. The van der Waals surface area contributed by atoms with Crippen LogP contribution in [0.2, 0.25) is 0 Å². The number of nitrogens with one attached hydrogen (secondary N) is 1. The van der Waals surface area contributed by atoms with Gasteiger partial charge < -0.3 is 14.7 Å². The minimum Gasteiger partial charge on any atom is -0.356 e. The third-order valence-electron chi connectivity index (χ3n) is 4.90. The number of pyridine rings is 2. The first-order valence-corrected chi connectivity index (χ1v) is 9.38. The van der Waals surface area contributed by atoms with Crippen molar-refractivity contribution in [2.75, 3.05) is 18.0 Å². The van der Waals surface area contributed by atoms with Crippen LogP contribution >= 0.6 is 0 Å². The summed E-state index contributed by atoms with van der Waals surface area (Å²) in [6.45, 7) is 3.80. The molecule has 0 unspecified atom stereocenters. The number of hydrogen-bond donors (Lipinski definition) is 1. The smallest absolute Gasteiger partial charge is 0.261 e. The Morgan fingerprint density at radius 1 is 1.25 bits per heavy atom. The van der Waals surface area contributed by atoms with Gasteiger partial charge in [0.15, 0.2) is 5.82 Å². The van der Waals surface area contributed by atoms with Crippen molar-refractivity contribution in [1.82, 2.24) is 25.4 Å².